The fraction of sp³-hybridized carbons (Fsp3) is 0.333. The molecule has 2 rings (SSSR count). The van der Waals surface area contributed by atoms with Crippen molar-refractivity contribution < 1.29 is 14.7 Å². The van der Waals surface area contributed by atoms with E-state index < -0.39 is 18.0 Å². The Bertz CT molecular complexity index is 824. The summed E-state index contributed by atoms with van der Waals surface area (Å²) in [5.41, 5.74) is 9.89. The highest BCUT2D eigenvalue weighted by molar-refractivity contribution is 7.07. The largest absolute Gasteiger partial charge is 0.508 e. The third-order valence-corrected chi connectivity index (χ3v) is 5.20. The number of carbonyl (C=O) groups is 2. The molecule has 1 aromatic carbocycles. The van der Waals surface area contributed by atoms with Crippen molar-refractivity contribution in [3.8, 4) is 5.75 Å². The first-order valence-corrected chi connectivity index (χ1v) is 10.0. The van der Waals surface area contributed by atoms with Gasteiger partial charge in [-0.25, -0.2) is 0 Å². The van der Waals surface area contributed by atoms with Crippen molar-refractivity contribution >= 4 is 23.2 Å². The number of nitrogens with two attached hydrogens (primary N) is 1. The Labute approximate surface area is 169 Å². The van der Waals surface area contributed by atoms with Crippen molar-refractivity contribution in [1.29, 1.82) is 0 Å². The minimum Gasteiger partial charge on any atom is -0.508 e. The number of phenols is 1. The molecule has 7 heteroatoms. The number of phenolic OH excluding ortho intramolecular Hbond substituents is 1. The van der Waals surface area contributed by atoms with Crippen LogP contribution in [0.1, 0.15) is 29.2 Å². The number of hydrogen-bond acceptors (Lipinski definition) is 5. The Morgan fingerprint density at radius 2 is 1.93 bits per heavy atom. The molecule has 28 heavy (non-hydrogen) atoms. The number of hydrogen-bond donors (Lipinski definition) is 4. The summed E-state index contributed by atoms with van der Waals surface area (Å²) in [7, 11) is 0. The Hall–Kier alpha value is -2.64. The molecular weight excluding hydrogens is 374 g/mol. The van der Waals surface area contributed by atoms with Gasteiger partial charge in [0.2, 0.25) is 11.8 Å². The summed E-state index contributed by atoms with van der Waals surface area (Å²) in [6.07, 6.45) is 4.52. The smallest absolute Gasteiger partial charge is 0.246 e. The Morgan fingerprint density at radius 3 is 2.54 bits per heavy atom. The summed E-state index contributed by atoms with van der Waals surface area (Å²) in [5.74, 6) is -0.509. The molecule has 2 aromatic rings. The number of thiophene rings is 1. The fourth-order valence-electron chi connectivity index (χ4n) is 2.86. The number of rotatable bonds is 8. The van der Waals surface area contributed by atoms with Crippen molar-refractivity contribution in [2.45, 2.75) is 45.7 Å². The van der Waals surface area contributed by atoms with Gasteiger partial charge in [-0.3, -0.25) is 9.59 Å². The molecular formula is C21H27N3O3S. The van der Waals surface area contributed by atoms with Crippen molar-refractivity contribution in [1.82, 2.24) is 10.6 Å². The van der Waals surface area contributed by atoms with Gasteiger partial charge in [-0.1, -0.05) is 6.08 Å². The first-order chi connectivity index (χ1) is 13.3. The van der Waals surface area contributed by atoms with E-state index in [0.717, 1.165) is 23.1 Å². The lowest BCUT2D eigenvalue weighted by molar-refractivity contribution is -0.128. The Morgan fingerprint density at radius 1 is 1.25 bits per heavy atom. The van der Waals surface area contributed by atoms with Crippen LogP contribution in [0.4, 0.5) is 0 Å². The first-order valence-electron chi connectivity index (χ1n) is 9.09. The van der Waals surface area contributed by atoms with E-state index in [4.69, 9.17) is 5.73 Å². The van der Waals surface area contributed by atoms with Gasteiger partial charge in [0.25, 0.3) is 0 Å². The van der Waals surface area contributed by atoms with Gasteiger partial charge >= 0.3 is 0 Å². The molecule has 6 nitrogen and oxygen atoms in total. The number of allylic oxidation sites excluding steroid dienone is 1. The quantitative estimate of drug-likeness (QED) is 0.545. The summed E-state index contributed by atoms with van der Waals surface area (Å²) in [6.45, 7) is 5.35. The Kier molecular flexibility index (Phi) is 7.78. The zero-order valence-corrected chi connectivity index (χ0v) is 17.2. The van der Waals surface area contributed by atoms with Crippen molar-refractivity contribution in [2.24, 2.45) is 5.73 Å². The third kappa shape index (κ3) is 6.21. The zero-order valence-electron chi connectivity index (χ0n) is 16.4. The van der Waals surface area contributed by atoms with E-state index in [1.165, 1.54) is 5.56 Å². The van der Waals surface area contributed by atoms with Gasteiger partial charge in [-0.15, -0.1) is 0 Å². The molecule has 0 spiro atoms. The summed E-state index contributed by atoms with van der Waals surface area (Å²) in [6, 6.07) is 3.83. The molecule has 0 aliphatic rings. The lowest BCUT2D eigenvalue weighted by Gasteiger charge is -2.18. The molecule has 1 aromatic heterocycles. The van der Waals surface area contributed by atoms with Crippen LogP contribution in [0.3, 0.4) is 0 Å². The standard InChI is InChI=1S/C21H27N3O3S/c1-13-9-17(25)10-14(2)18(13)11-19(22)21(27)24-15(3)20(26)23-7-4-5-16-6-8-28-12-16/h4,6-10,12,15,19,25H,5,11,22H2,1-3H3,(H,23,26)(H,24,27)/t15-,19+/m1/s1. The summed E-state index contributed by atoms with van der Waals surface area (Å²) < 4.78 is 0. The molecule has 150 valence electrons. The van der Waals surface area contributed by atoms with Crippen molar-refractivity contribution in [3.63, 3.8) is 0 Å². The molecule has 0 fully saturated rings. The third-order valence-electron chi connectivity index (χ3n) is 4.47. The van der Waals surface area contributed by atoms with Crippen LogP contribution in [0.5, 0.6) is 5.75 Å². The molecule has 0 aliphatic heterocycles. The maximum Gasteiger partial charge on any atom is 0.246 e. The van der Waals surface area contributed by atoms with Crippen LogP contribution in [0.15, 0.2) is 41.2 Å². The average Bonchev–Trinajstić information content (AvgIpc) is 3.14. The van der Waals surface area contributed by atoms with Crippen LogP contribution in [-0.2, 0) is 22.4 Å². The van der Waals surface area contributed by atoms with E-state index >= 15 is 0 Å². The van der Waals surface area contributed by atoms with Crippen LogP contribution < -0.4 is 16.4 Å². The van der Waals surface area contributed by atoms with E-state index in [1.54, 1.807) is 36.6 Å². The fourth-order valence-corrected chi connectivity index (χ4v) is 3.54. The normalized spacial score (nSPS) is 13.3. The maximum absolute atomic E-state index is 12.4. The number of carbonyl (C=O) groups excluding carboxylic acids is 2. The van der Waals surface area contributed by atoms with Crippen molar-refractivity contribution in [3.05, 3.63) is 63.5 Å². The van der Waals surface area contributed by atoms with Crippen LogP contribution in [0, 0.1) is 13.8 Å². The highest BCUT2D eigenvalue weighted by Gasteiger charge is 2.21. The highest BCUT2D eigenvalue weighted by atomic mass is 32.1. The molecule has 2 amide bonds. The van der Waals surface area contributed by atoms with Gasteiger partial charge in [0, 0.05) is 6.20 Å². The van der Waals surface area contributed by atoms with Crippen LogP contribution in [0.25, 0.3) is 0 Å². The molecule has 0 aliphatic carbocycles. The topological polar surface area (TPSA) is 104 Å². The minimum atomic E-state index is -0.786. The van der Waals surface area contributed by atoms with E-state index in [2.05, 4.69) is 10.6 Å². The molecule has 0 saturated heterocycles. The monoisotopic (exact) mass is 401 g/mol. The maximum atomic E-state index is 12.4. The van der Waals surface area contributed by atoms with E-state index in [0.29, 0.717) is 6.42 Å². The minimum absolute atomic E-state index is 0.189. The van der Waals surface area contributed by atoms with E-state index in [-0.39, 0.29) is 11.7 Å². The molecule has 0 saturated carbocycles. The number of aryl methyl sites for hydroxylation is 2. The van der Waals surface area contributed by atoms with Gasteiger partial charge in [0.05, 0.1) is 6.04 Å². The molecule has 5 N–H and O–H groups in total. The van der Waals surface area contributed by atoms with Gasteiger partial charge in [-0.05, 0) is 84.8 Å². The molecule has 1 heterocycles. The van der Waals surface area contributed by atoms with Crippen LogP contribution in [0.2, 0.25) is 0 Å². The number of benzene rings is 1. The van der Waals surface area contributed by atoms with Gasteiger partial charge in [-0.2, -0.15) is 11.3 Å². The zero-order chi connectivity index (χ0) is 20.7. The number of aromatic hydroxyl groups is 1. The summed E-state index contributed by atoms with van der Waals surface area (Å²) in [5, 5.41) is 19.0. The SMILES string of the molecule is Cc1cc(O)cc(C)c1C[C@H](N)C(=O)N[C@H](C)C(=O)NC=CCc1ccsc1. The Balaban J connectivity index is 1.83. The number of amides is 2. The predicted molar refractivity (Wildman–Crippen MR) is 112 cm³/mol. The van der Waals surface area contributed by atoms with Gasteiger partial charge in [0.1, 0.15) is 11.8 Å². The van der Waals surface area contributed by atoms with Gasteiger partial charge in [0.15, 0.2) is 0 Å². The molecule has 2 atom stereocenters. The molecule has 0 radical (unpaired) electrons. The lowest BCUT2D eigenvalue weighted by atomic mass is 9.96. The average molecular weight is 402 g/mol. The second-order valence-corrected chi connectivity index (χ2v) is 7.63. The van der Waals surface area contributed by atoms with Crippen molar-refractivity contribution in [2.75, 3.05) is 0 Å². The first kappa shape index (κ1) is 21.7. The molecule has 0 bridgehead atoms. The van der Waals surface area contributed by atoms with E-state index in [9.17, 15) is 14.7 Å². The summed E-state index contributed by atoms with van der Waals surface area (Å²) in [4.78, 5) is 24.5. The van der Waals surface area contributed by atoms with Crippen LogP contribution in [-0.4, -0.2) is 29.0 Å². The predicted octanol–water partition coefficient (Wildman–Crippen LogP) is 2.32. The second-order valence-electron chi connectivity index (χ2n) is 6.85. The molecule has 0 unspecified atom stereocenters. The van der Waals surface area contributed by atoms with Crippen LogP contribution >= 0.6 is 11.3 Å². The van der Waals surface area contributed by atoms with Gasteiger partial charge < -0.3 is 21.5 Å². The highest BCUT2D eigenvalue weighted by Crippen LogP contribution is 2.21. The summed E-state index contributed by atoms with van der Waals surface area (Å²) >= 11 is 1.63. The van der Waals surface area contributed by atoms with E-state index in [1.807, 2.05) is 36.7 Å². The number of nitrogens with one attached hydrogen (secondary N) is 2. The second kappa shape index (κ2) is 10.1. The lowest BCUT2D eigenvalue weighted by Crippen LogP contribution is -2.50.